The van der Waals surface area contributed by atoms with Crippen molar-refractivity contribution in [1.29, 1.82) is 0 Å². The minimum Gasteiger partial charge on any atom is -0.462 e. The van der Waals surface area contributed by atoms with E-state index in [-0.39, 0.29) is 5.97 Å². The zero-order valence-electron chi connectivity index (χ0n) is 12.0. The van der Waals surface area contributed by atoms with E-state index < -0.39 is 0 Å². The zero-order chi connectivity index (χ0) is 13.8. The van der Waals surface area contributed by atoms with Crippen molar-refractivity contribution in [3.05, 3.63) is 28.6 Å². The molecule has 0 fully saturated rings. The smallest absolute Gasteiger partial charge is 0.339 e. The lowest BCUT2D eigenvalue weighted by molar-refractivity contribution is 0.0524. The number of pyridine rings is 1. The standard InChI is InChI=1S/C15H22N2O2/c1-4-13-12(15(18)19-6-3)9-11-10-17(5-2)8-7-14(11)16-13/h9H,4-8,10H2,1-3H3. The van der Waals surface area contributed by atoms with E-state index in [1.54, 1.807) is 0 Å². The normalized spacial score (nSPS) is 15.1. The number of nitrogens with zero attached hydrogens (tertiary/aromatic N) is 2. The predicted octanol–water partition coefficient (Wildman–Crippen LogP) is 2.20. The minimum absolute atomic E-state index is 0.247. The van der Waals surface area contributed by atoms with Crippen LogP contribution in [-0.4, -0.2) is 35.5 Å². The van der Waals surface area contributed by atoms with Gasteiger partial charge in [-0.2, -0.15) is 0 Å². The molecule has 19 heavy (non-hydrogen) atoms. The molecule has 1 aromatic rings. The minimum atomic E-state index is -0.247. The molecule has 0 aliphatic carbocycles. The third-order valence-corrected chi connectivity index (χ3v) is 3.61. The number of esters is 1. The van der Waals surface area contributed by atoms with Crippen LogP contribution in [0.25, 0.3) is 0 Å². The van der Waals surface area contributed by atoms with Gasteiger partial charge < -0.3 is 4.74 Å². The highest BCUT2D eigenvalue weighted by atomic mass is 16.5. The van der Waals surface area contributed by atoms with Crippen LogP contribution in [0.4, 0.5) is 0 Å². The SMILES string of the molecule is CCOC(=O)c1cc2c(nc1CC)CCN(CC)C2. The van der Waals surface area contributed by atoms with Crippen molar-refractivity contribution in [2.45, 2.75) is 40.2 Å². The first kappa shape index (κ1) is 14.0. The maximum atomic E-state index is 12.0. The maximum absolute atomic E-state index is 12.0. The van der Waals surface area contributed by atoms with E-state index in [0.29, 0.717) is 12.2 Å². The molecule has 2 heterocycles. The summed E-state index contributed by atoms with van der Waals surface area (Å²) < 4.78 is 5.12. The summed E-state index contributed by atoms with van der Waals surface area (Å²) in [6.45, 7) is 9.38. The van der Waals surface area contributed by atoms with Crippen LogP contribution in [0, 0.1) is 0 Å². The van der Waals surface area contributed by atoms with E-state index in [9.17, 15) is 4.79 Å². The fourth-order valence-electron chi connectivity index (χ4n) is 2.50. The quantitative estimate of drug-likeness (QED) is 0.780. The number of ether oxygens (including phenoxy) is 1. The number of hydrogen-bond donors (Lipinski definition) is 0. The Kier molecular flexibility index (Phi) is 4.53. The van der Waals surface area contributed by atoms with E-state index in [1.165, 1.54) is 5.56 Å². The van der Waals surface area contributed by atoms with E-state index >= 15 is 0 Å². The zero-order valence-corrected chi connectivity index (χ0v) is 12.0. The van der Waals surface area contributed by atoms with Gasteiger partial charge in [0.1, 0.15) is 0 Å². The molecule has 2 rings (SSSR count). The topological polar surface area (TPSA) is 42.4 Å². The van der Waals surface area contributed by atoms with Crippen molar-refractivity contribution in [3.8, 4) is 0 Å². The second-order valence-electron chi connectivity index (χ2n) is 4.78. The fraction of sp³-hybridized carbons (Fsp3) is 0.600. The second kappa shape index (κ2) is 6.15. The number of hydrogen-bond acceptors (Lipinski definition) is 4. The van der Waals surface area contributed by atoms with E-state index in [0.717, 1.165) is 43.9 Å². The van der Waals surface area contributed by atoms with Crippen LogP contribution in [0.5, 0.6) is 0 Å². The maximum Gasteiger partial charge on any atom is 0.339 e. The summed E-state index contributed by atoms with van der Waals surface area (Å²) in [4.78, 5) is 19.0. The first-order chi connectivity index (χ1) is 9.19. The second-order valence-corrected chi connectivity index (χ2v) is 4.78. The van der Waals surface area contributed by atoms with Gasteiger partial charge in [0.2, 0.25) is 0 Å². The number of carbonyl (C=O) groups is 1. The first-order valence-electron chi connectivity index (χ1n) is 7.10. The molecule has 104 valence electrons. The average Bonchev–Trinajstić information content (AvgIpc) is 2.45. The van der Waals surface area contributed by atoms with Gasteiger partial charge in [-0.15, -0.1) is 0 Å². The predicted molar refractivity (Wildman–Crippen MR) is 74.2 cm³/mol. The largest absolute Gasteiger partial charge is 0.462 e. The molecule has 0 spiro atoms. The third kappa shape index (κ3) is 2.95. The Balaban J connectivity index is 2.36. The van der Waals surface area contributed by atoms with Crippen molar-refractivity contribution in [1.82, 2.24) is 9.88 Å². The Bertz CT molecular complexity index is 471. The number of carbonyl (C=O) groups excluding carboxylic acids is 1. The summed E-state index contributed by atoms with van der Waals surface area (Å²) in [5.74, 6) is -0.247. The summed E-state index contributed by atoms with van der Waals surface area (Å²) in [5, 5.41) is 0. The molecule has 0 saturated carbocycles. The van der Waals surface area contributed by atoms with E-state index in [1.807, 2.05) is 19.9 Å². The van der Waals surface area contributed by atoms with E-state index in [4.69, 9.17) is 4.74 Å². The number of likely N-dealkylation sites (N-methyl/N-ethyl adjacent to an activating group) is 1. The Morgan fingerprint density at radius 1 is 1.42 bits per heavy atom. The van der Waals surface area contributed by atoms with Gasteiger partial charge in [0.15, 0.2) is 0 Å². The van der Waals surface area contributed by atoms with Crippen molar-refractivity contribution >= 4 is 5.97 Å². The van der Waals surface area contributed by atoms with Crippen LogP contribution < -0.4 is 0 Å². The van der Waals surface area contributed by atoms with Crippen molar-refractivity contribution in [2.24, 2.45) is 0 Å². The van der Waals surface area contributed by atoms with Crippen molar-refractivity contribution in [3.63, 3.8) is 0 Å². The molecule has 0 aromatic carbocycles. The summed E-state index contributed by atoms with van der Waals surface area (Å²) >= 11 is 0. The Hall–Kier alpha value is -1.42. The van der Waals surface area contributed by atoms with Gasteiger partial charge in [-0.05, 0) is 31.5 Å². The lowest BCUT2D eigenvalue weighted by Gasteiger charge is -2.27. The lowest BCUT2D eigenvalue weighted by atomic mass is 10.0. The Morgan fingerprint density at radius 2 is 2.21 bits per heavy atom. The van der Waals surface area contributed by atoms with Crippen LogP contribution in [0.15, 0.2) is 6.07 Å². The number of aromatic nitrogens is 1. The van der Waals surface area contributed by atoms with Gasteiger partial charge in [0.25, 0.3) is 0 Å². The van der Waals surface area contributed by atoms with E-state index in [2.05, 4.69) is 16.8 Å². The fourth-order valence-corrected chi connectivity index (χ4v) is 2.50. The van der Waals surface area contributed by atoms with Crippen LogP contribution in [-0.2, 0) is 24.1 Å². The number of fused-ring (bicyclic) bond motifs is 1. The molecule has 0 N–H and O–H groups in total. The highest BCUT2D eigenvalue weighted by Crippen LogP contribution is 2.21. The molecule has 0 unspecified atom stereocenters. The number of aryl methyl sites for hydroxylation is 1. The molecule has 0 radical (unpaired) electrons. The number of rotatable bonds is 4. The molecule has 0 saturated heterocycles. The monoisotopic (exact) mass is 262 g/mol. The molecule has 1 aromatic heterocycles. The molecular formula is C15H22N2O2. The van der Waals surface area contributed by atoms with Gasteiger partial charge in [0.05, 0.1) is 17.9 Å². The molecule has 0 atom stereocenters. The van der Waals surface area contributed by atoms with Crippen LogP contribution in [0.1, 0.15) is 48.1 Å². The molecule has 4 heteroatoms. The third-order valence-electron chi connectivity index (χ3n) is 3.61. The lowest BCUT2D eigenvalue weighted by Crippen LogP contribution is -2.31. The summed E-state index contributed by atoms with van der Waals surface area (Å²) in [5.41, 5.74) is 3.83. The molecule has 4 nitrogen and oxygen atoms in total. The Labute approximate surface area is 114 Å². The van der Waals surface area contributed by atoms with Crippen molar-refractivity contribution in [2.75, 3.05) is 19.7 Å². The van der Waals surface area contributed by atoms with Gasteiger partial charge in [-0.3, -0.25) is 9.88 Å². The molecule has 0 bridgehead atoms. The highest BCUT2D eigenvalue weighted by Gasteiger charge is 2.21. The van der Waals surface area contributed by atoms with Crippen LogP contribution >= 0.6 is 0 Å². The summed E-state index contributed by atoms with van der Waals surface area (Å²) in [6.07, 6.45) is 1.73. The molecule has 1 aliphatic rings. The van der Waals surface area contributed by atoms with Crippen molar-refractivity contribution < 1.29 is 9.53 Å². The molecule has 1 aliphatic heterocycles. The highest BCUT2D eigenvalue weighted by molar-refractivity contribution is 5.90. The van der Waals surface area contributed by atoms with Gasteiger partial charge >= 0.3 is 5.97 Å². The molecule has 0 amide bonds. The Morgan fingerprint density at radius 3 is 2.84 bits per heavy atom. The molecular weight excluding hydrogens is 240 g/mol. The first-order valence-corrected chi connectivity index (χ1v) is 7.10. The average molecular weight is 262 g/mol. The summed E-state index contributed by atoms with van der Waals surface area (Å²) in [6, 6.07) is 1.99. The van der Waals surface area contributed by atoms with Gasteiger partial charge in [-0.1, -0.05) is 13.8 Å². The summed E-state index contributed by atoms with van der Waals surface area (Å²) in [7, 11) is 0. The van der Waals surface area contributed by atoms with Crippen LogP contribution in [0.2, 0.25) is 0 Å². The van der Waals surface area contributed by atoms with Crippen LogP contribution in [0.3, 0.4) is 0 Å². The van der Waals surface area contributed by atoms with Gasteiger partial charge in [-0.25, -0.2) is 4.79 Å². The van der Waals surface area contributed by atoms with Gasteiger partial charge in [0, 0.05) is 25.2 Å².